The first-order valence-corrected chi connectivity index (χ1v) is 7.85. The molecule has 0 bridgehead atoms. The topological polar surface area (TPSA) is 15.3 Å². The Morgan fingerprint density at radius 3 is 2.22 bits per heavy atom. The van der Waals surface area contributed by atoms with E-state index in [0.29, 0.717) is 23.0 Å². The van der Waals surface area contributed by atoms with Gasteiger partial charge in [0.15, 0.2) is 0 Å². The summed E-state index contributed by atoms with van der Waals surface area (Å²) in [5.41, 5.74) is 0.831. The van der Waals surface area contributed by atoms with Gasteiger partial charge in [0.1, 0.15) is 0 Å². The number of hydrogen-bond donors (Lipinski definition) is 1. The lowest BCUT2D eigenvalue weighted by atomic mass is 9.75. The molecule has 1 spiro atoms. The van der Waals surface area contributed by atoms with Gasteiger partial charge in [-0.2, -0.15) is 0 Å². The van der Waals surface area contributed by atoms with E-state index in [9.17, 15) is 0 Å². The molecule has 0 amide bonds. The van der Waals surface area contributed by atoms with Gasteiger partial charge >= 0.3 is 0 Å². The summed E-state index contributed by atoms with van der Waals surface area (Å²) in [6, 6.07) is 1.31. The van der Waals surface area contributed by atoms with Gasteiger partial charge in [-0.15, -0.1) is 0 Å². The first-order chi connectivity index (χ1) is 8.35. The fourth-order valence-electron chi connectivity index (χ4n) is 3.88. The third-order valence-corrected chi connectivity index (χ3v) is 5.12. The normalized spacial score (nSPS) is 30.0. The molecule has 106 valence electrons. The van der Waals surface area contributed by atoms with Gasteiger partial charge < -0.3 is 5.32 Å². The van der Waals surface area contributed by atoms with Crippen LogP contribution < -0.4 is 5.32 Å². The van der Waals surface area contributed by atoms with E-state index in [0.717, 1.165) is 0 Å². The second kappa shape index (κ2) is 5.13. The first-order valence-electron chi connectivity index (χ1n) is 7.85. The average Bonchev–Trinajstić information content (AvgIpc) is 2.28. The summed E-state index contributed by atoms with van der Waals surface area (Å²) in [6.45, 7) is 14.3. The molecule has 1 aliphatic heterocycles. The van der Waals surface area contributed by atoms with Crippen LogP contribution in [-0.2, 0) is 0 Å². The zero-order chi connectivity index (χ0) is 13.4. The monoisotopic (exact) mass is 252 g/mol. The summed E-state index contributed by atoms with van der Waals surface area (Å²) in [6.07, 6.45) is 7.08. The van der Waals surface area contributed by atoms with Crippen molar-refractivity contribution >= 4 is 0 Å². The Balaban J connectivity index is 2.14. The number of nitrogens with zero attached hydrogens (tertiary/aromatic N) is 1. The summed E-state index contributed by atoms with van der Waals surface area (Å²) in [7, 11) is 0. The van der Waals surface area contributed by atoms with Gasteiger partial charge in [-0.3, -0.25) is 4.90 Å². The van der Waals surface area contributed by atoms with Crippen molar-refractivity contribution in [2.24, 2.45) is 5.41 Å². The molecular formula is C16H32N2. The molecule has 1 aliphatic carbocycles. The van der Waals surface area contributed by atoms with Crippen LogP contribution >= 0.6 is 0 Å². The van der Waals surface area contributed by atoms with Crippen LogP contribution in [0.4, 0.5) is 0 Å². The zero-order valence-corrected chi connectivity index (χ0v) is 13.1. The molecule has 2 aliphatic rings. The molecule has 2 heteroatoms. The molecule has 1 saturated heterocycles. The van der Waals surface area contributed by atoms with E-state index in [-0.39, 0.29) is 0 Å². The lowest BCUT2D eigenvalue weighted by Crippen LogP contribution is -2.68. The lowest BCUT2D eigenvalue weighted by Gasteiger charge is -2.56. The van der Waals surface area contributed by atoms with Gasteiger partial charge in [0.25, 0.3) is 0 Å². The first kappa shape index (κ1) is 14.3. The van der Waals surface area contributed by atoms with Crippen LogP contribution in [0.25, 0.3) is 0 Å². The van der Waals surface area contributed by atoms with E-state index in [1.54, 1.807) is 0 Å². The van der Waals surface area contributed by atoms with E-state index in [1.807, 2.05) is 0 Å². The van der Waals surface area contributed by atoms with Crippen molar-refractivity contribution in [3.63, 3.8) is 0 Å². The summed E-state index contributed by atoms with van der Waals surface area (Å²) in [4.78, 5) is 2.82. The minimum atomic E-state index is 0.365. The maximum Gasteiger partial charge on any atom is 0.0337 e. The van der Waals surface area contributed by atoms with Crippen molar-refractivity contribution in [1.82, 2.24) is 10.2 Å². The minimum Gasteiger partial charge on any atom is -0.310 e. The van der Waals surface area contributed by atoms with E-state index in [2.05, 4.69) is 44.8 Å². The highest BCUT2D eigenvalue weighted by Crippen LogP contribution is 2.38. The summed E-state index contributed by atoms with van der Waals surface area (Å²) >= 11 is 0. The lowest BCUT2D eigenvalue weighted by molar-refractivity contribution is -0.0302. The van der Waals surface area contributed by atoms with Crippen LogP contribution in [0.3, 0.4) is 0 Å². The smallest absolute Gasteiger partial charge is 0.0337 e. The van der Waals surface area contributed by atoms with E-state index in [1.165, 1.54) is 45.2 Å². The van der Waals surface area contributed by atoms with Crippen LogP contribution in [0.1, 0.15) is 66.7 Å². The fraction of sp³-hybridized carbons (Fsp3) is 1.00. The van der Waals surface area contributed by atoms with Crippen molar-refractivity contribution in [2.45, 2.75) is 84.3 Å². The molecule has 0 radical (unpaired) electrons. The van der Waals surface area contributed by atoms with Gasteiger partial charge in [-0.05, 0) is 32.1 Å². The molecule has 1 unspecified atom stereocenters. The van der Waals surface area contributed by atoms with Crippen molar-refractivity contribution in [3.05, 3.63) is 0 Å². The molecule has 18 heavy (non-hydrogen) atoms. The van der Waals surface area contributed by atoms with Gasteiger partial charge in [0, 0.05) is 30.7 Å². The van der Waals surface area contributed by atoms with Gasteiger partial charge in [-0.25, -0.2) is 0 Å². The second-order valence-corrected chi connectivity index (χ2v) is 7.83. The number of nitrogens with one attached hydrogen (secondary N) is 1. The Kier molecular flexibility index (Phi) is 4.08. The van der Waals surface area contributed by atoms with Crippen LogP contribution in [0, 0.1) is 5.41 Å². The van der Waals surface area contributed by atoms with Gasteiger partial charge in [-0.1, -0.05) is 40.0 Å². The summed E-state index contributed by atoms with van der Waals surface area (Å²) in [5.74, 6) is 0. The van der Waals surface area contributed by atoms with E-state index < -0.39 is 0 Å². The Morgan fingerprint density at radius 1 is 1.11 bits per heavy atom. The van der Waals surface area contributed by atoms with Crippen molar-refractivity contribution in [1.29, 1.82) is 0 Å². The third kappa shape index (κ3) is 2.75. The molecule has 2 fully saturated rings. The predicted molar refractivity (Wildman–Crippen MR) is 78.9 cm³/mol. The zero-order valence-electron chi connectivity index (χ0n) is 13.1. The highest BCUT2D eigenvalue weighted by Gasteiger charge is 2.45. The van der Waals surface area contributed by atoms with Crippen LogP contribution in [0.2, 0.25) is 0 Å². The van der Waals surface area contributed by atoms with Crippen LogP contribution in [0.5, 0.6) is 0 Å². The standard InChI is InChI=1S/C16H32N2/c1-13(2)18-11-14(15(3,4)5)17-12-16(18)9-7-6-8-10-16/h13-14,17H,6-12H2,1-5H3. The molecule has 1 N–H and O–H groups in total. The Hall–Kier alpha value is -0.0800. The largest absolute Gasteiger partial charge is 0.310 e. The van der Waals surface area contributed by atoms with Crippen LogP contribution in [0.15, 0.2) is 0 Å². The van der Waals surface area contributed by atoms with Gasteiger partial charge in [0.05, 0.1) is 0 Å². The maximum atomic E-state index is 3.86. The Morgan fingerprint density at radius 2 is 1.72 bits per heavy atom. The number of piperazine rings is 1. The molecule has 1 atom stereocenters. The Labute approximate surface area is 114 Å². The minimum absolute atomic E-state index is 0.365. The van der Waals surface area contributed by atoms with Crippen molar-refractivity contribution in [3.8, 4) is 0 Å². The van der Waals surface area contributed by atoms with Crippen molar-refractivity contribution in [2.75, 3.05) is 13.1 Å². The average molecular weight is 252 g/mol. The summed E-state index contributed by atoms with van der Waals surface area (Å²) in [5, 5.41) is 3.86. The molecule has 2 nitrogen and oxygen atoms in total. The SMILES string of the molecule is CC(C)N1CC(C(C)(C)C)NCC12CCCCC2. The molecule has 0 aromatic rings. The molecule has 0 aromatic carbocycles. The summed E-state index contributed by atoms with van der Waals surface area (Å²) < 4.78 is 0. The fourth-order valence-corrected chi connectivity index (χ4v) is 3.88. The molecule has 0 aromatic heterocycles. The molecule has 1 heterocycles. The predicted octanol–water partition coefficient (Wildman–Crippen LogP) is 3.42. The second-order valence-electron chi connectivity index (χ2n) is 7.83. The maximum absolute atomic E-state index is 3.86. The van der Waals surface area contributed by atoms with Crippen molar-refractivity contribution < 1.29 is 0 Å². The number of hydrogen-bond acceptors (Lipinski definition) is 2. The van der Waals surface area contributed by atoms with E-state index in [4.69, 9.17) is 0 Å². The molecular weight excluding hydrogens is 220 g/mol. The van der Waals surface area contributed by atoms with E-state index >= 15 is 0 Å². The third-order valence-electron chi connectivity index (χ3n) is 5.12. The highest BCUT2D eigenvalue weighted by atomic mass is 15.3. The molecule has 2 rings (SSSR count). The van der Waals surface area contributed by atoms with Gasteiger partial charge in [0.2, 0.25) is 0 Å². The quantitative estimate of drug-likeness (QED) is 0.769. The Bertz CT molecular complexity index is 271. The number of rotatable bonds is 1. The highest BCUT2D eigenvalue weighted by molar-refractivity contribution is 5.03. The molecule has 1 saturated carbocycles. The van der Waals surface area contributed by atoms with Crippen LogP contribution in [-0.4, -0.2) is 35.6 Å².